The van der Waals surface area contributed by atoms with E-state index in [1.54, 1.807) is 0 Å². The maximum Gasteiger partial charge on any atom is 0.516 e. The maximum atomic E-state index is 11.9. The lowest BCUT2D eigenvalue weighted by Crippen LogP contribution is -2.47. The monoisotopic (exact) mass is 246 g/mol. The summed E-state index contributed by atoms with van der Waals surface area (Å²) in [6.07, 6.45) is 0.962. The average Bonchev–Trinajstić information content (AvgIpc) is 2.51. The lowest BCUT2D eigenvalue weighted by molar-refractivity contribution is -0.121. The topological polar surface area (TPSA) is 75.3 Å². The molecule has 1 aliphatic rings. The van der Waals surface area contributed by atoms with Crippen LogP contribution in [0.3, 0.4) is 0 Å². The summed E-state index contributed by atoms with van der Waals surface area (Å²) in [5, 5.41) is 2.59. The first kappa shape index (κ1) is 12.2. The van der Waals surface area contributed by atoms with Gasteiger partial charge in [-0.2, -0.15) is 21.6 Å². The number of amides is 1. The molecule has 2 N–H and O–H groups in total. The Morgan fingerprint density at radius 3 is 2.40 bits per heavy atom. The number of carbonyl (C=O) groups excluding carboxylic acids is 1. The standard InChI is InChI=1S/C6H9F3N2O3S/c7-6(8,9)15(13,14)11-5(12)4-2-1-3-10-4/h4,10H,1-3H2,(H,11,12)/t4-/m1/s1. The number of nitrogens with one attached hydrogen (secondary N) is 2. The molecule has 0 saturated carbocycles. The maximum absolute atomic E-state index is 11.9. The molecule has 0 aliphatic carbocycles. The minimum atomic E-state index is -5.57. The molecule has 5 nitrogen and oxygen atoms in total. The molecule has 1 saturated heterocycles. The zero-order chi connectivity index (χ0) is 11.7. The molecule has 0 spiro atoms. The van der Waals surface area contributed by atoms with Gasteiger partial charge in [-0.3, -0.25) is 4.79 Å². The van der Waals surface area contributed by atoms with Crippen LogP contribution in [0.5, 0.6) is 0 Å². The molecule has 0 radical (unpaired) electrons. The fraction of sp³-hybridized carbons (Fsp3) is 0.833. The van der Waals surface area contributed by atoms with E-state index >= 15 is 0 Å². The Morgan fingerprint density at radius 2 is 2.00 bits per heavy atom. The quantitative estimate of drug-likeness (QED) is 0.701. The molecular weight excluding hydrogens is 237 g/mol. The molecule has 9 heteroatoms. The summed E-state index contributed by atoms with van der Waals surface area (Å²) in [4.78, 5) is 11.1. The van der Waals surface area contributed by atoms with Crippen LogP contribution in [0.25, 0.3) is 0 Å². The number of hydrogen-bond acceptors (Lipinski definition) is 4. The van der Waals surface area contributed by atoms with Crippen LogP contribution in [-0.4, -0.2) is 32.4 Å². The Morgan fingerprint density at radius 1 is 1.40 bits per heavy atom. The third kappa shape index (κ3) is 2.81. The van der Waals surface area contributed by atoms with E-state index < -0.39 is 27.5 Å². The highest BCUT2D eigenvalue weighted by Crippen LogP contribution is 2.21. The molecule has 0 bridgehead atoms. The molecule has 1 aliphatic heterocycles. The Kier molecular flexibility index (Phi) is 3.24. The number of rotatable bonds is 2. The van der Waals surface area contributed by atoms with E-state index in [0.29, 0.717) is 19.4 Å². The summed E-state index contributed by atoms with van der Waals surface area (Å²) in [5.41, 5.74) is -5.46. The van der Waals surface area contributed by atoms with E-state index in [1.165, 1.54) is 0 Å². The van der Waals surface area contributed by atoms with Crippen LogP contribution in [0.2, 0.25) is 0 Å². The lowest BCUT2D eigenvalue weighted by Gasteiger charge is -2.12. The van der Waals surface area contributed by atoms with Crippen LogP contribution in [0.15, 0.2) is 0 Å². The number of sulfonamides is 1. The van der Waals surface area contributed by atoms with Gasteiger partial charge >= 0.3 is 15.5 Å². The molecule has 0 unspecified atom stereocenters. The Hall–Kier alpha value is -0.830. The van der Waals surface area contributed by atoms with Gasteiger partial charge in [0.2, 0.25) is 0 Å². The highest BCUT2D eigenvalue weighted by Gasteiger charge is 2.47. The van der Waals surface area contributed by atoms with E-state index in [0.717, 1.165) is 4.72 Å². The van der Waals surface area contributed by atoms with Gasteiger partial charge in [-0.15, -0.1) is 0 Å². The SMILES string of the molecule is O=C(NS(=O)(=O)C(F)(F)F)[C@H]1CCCN1. The first-order chi connectivity index (χ1) is 6.74. The molecule has 1 heterocycles. The minimum Gasteiger partial charge on any atom is -0.306 e. The van der Waals surface area contributed by atoms with Gasteiger partial charge in [0, 0.05) is 0 Å². The summed E-state index contributed by atoms with van der Waals surface area (Å²) < 4.78 is 57.6. The van der Waals surface area contributed by atoms with Crippen molar-refractivity contribution in [3.63, 3.8) is 0 Å². The zero-order valence-electron chi connectivity index (χ0n) is 7.47. The smallest absolute Gasteiger partial charge is 0.306 e. The first-order valence-electron chi connectivity index (χ1n) is 4.10. The largest absolute Gasteiger partial charge is 0.516 e. The van der Waals surface area contributed by atoms with Gasteiger partial charge in [0.15, 0.2) is 0 Å². The predicted octanol–water partition coefficient (Wildman–Crippen LogP) is -0.296. The zero-order valence-corrected chi connectivity index (χ0v) is 8.28. The molecule has 1 fully saturated rings. The highest BCUT2D eigenvalue weighted by molar-refractivity contribution is 7.90. The van der Waals surface area contributed by atoms with Gasteiger partial charge in [-0.05, 0) is 19.4 Å². The second-order valence-corrected chi connectivity index (χ2v) is 4.74. The lowest BCUT2D eigenvalue weighted by atomic mass is 10.2. The number of hydrogen-bond donors (Lipinski definition) is 2. The molecule has 1 rings (SSSR count). The van der Waals surface area contributed by atoms with E-state index in [2.05, 4.69) is 5.32 Å². The van der Waals surface area contributed by atoms with Crippen molar-refractivity contribution in [1.82, 2.24) is 10.0 Å². The second kappa shape index (κ2) is 3.97. The second-order valence-electron chi connectivity index (χ2n) is 3.06. The molecule has 0 aromatic rings. The minimum absolute atomic E-state index is 0.333. The van der Waals surface area contributed by atoms with Crippen LogP contribution >= 0.6 is 0 Å². The normalized spacial score (nSPS) is 22.7. The van der Waals surface area contributed by atoms with Crippen LogP contribution in [0.1, 0.15) is 12.8 Å². The predicted molar refractivity (Wildman–Crippen MR) is 44.1 cm³/mol. The third-order valence-corrected chi connectivity index (χ3v) is 3.00. The number of carbonyl (C=O) groups is 1. The van der Waals surface area contributed by atoms with Crippen molar-refractivity contribution in [2.45, 2.75) is 24.4 Å². The summed E-state index contributed by atoms with van der Waals surface area (Å²) in [6.45, 7) is 0.490. The van der Waals surface area contributed by atoms with Gasteiger partial charge in [0.25, 0.3) is 5.91 Å². The van der Waals surface area contributed by atoms with Crippen LogP contribution in [-0.2, 0) is 14.8 Å². The van der Waals surface area contributed by atoms with Gasteiger partial charge in [0.05, 0.1) is 6.04 Å². The third-order valence-electron chi connectivity index (χ3n) is 1.92. The summed E-state index contributed by atoms with van der Waals surface area (Å²) >= 11 is 0. The van der Waals surface area contributed by atoms with Gasteiger partial charge in [-0.1, -0.05) is 0 Å². The number of alkyl halides is 3. The number of halogens is 3. The first-order valence-corrected chi connectivity index (χ1v) is 5.58. The van der Waals surface area contributed by atoms with Crippen molar-refractivity contribution in [1.29, 1.82) is 0 Å². The highest BCUT2D eigenvalue weighted by atomic mass is 32.2. The average molecular weight is 246 g/mol. The van der Waals surface area contributed by atoms with Crippen molar-refractivity contribution < 1.29 is 26.4 Å². The summed E-state index contributed by atoms with van der Waals surface area (Å²) in [7, 11) is -5.57. The molecule has 0 aromatic heterocycles. The fourth-order valence-corrected chi connectivity index (χ4v) is 1.69. The Bertz CT molecular complexity index is 345. The molecule has 88 valence electrons. The van der Waals surface area contributed by atoms with Crippen molar-refractivity contribution in [2.75, 3.05) is 6.54 Å². The van der Waals surface area contributed by atoms with E-state index in [-0.39, 0.29) is 0 Å². The molecule has 1 amide bonds. The molecule has 0 aromatic carbocycles. The van der Waals surface area contributed by atoms with Crippen LogP contribution < -0.4 is 10.0 Å². The summed E-state index contributed by atoms with van der Waals surface area (Å²) in [6, 6.07) is -0.859. The Labute approximate surface area is 84.1 Å². The van der Waals surface area contributed by atoms with Crippen LogP contribution in [0, 0.1) is 0 Å². The van der Waals surface area contributed by atoms with Crippen molar-refractivity contribution in [3.05, 3.63) is 0 Å². The van der Waals surface area contributed by atoms with Gasteiger partial charge < -0.3 is 5.32 Å². The Balaban J connectivity index is 2.66. The van der Waals surface area contributed by atoms with Crippen LogP contribution in [0.4, 0.5) is 13.2 Å². The van der Waals surface area contributed by atoms with E-state index in [4.69, 9.17) is 0 Å². The summed E-state index contributed by atoms with van der Waals surface area (Å²) in [5.74, 6) is -1.16. The van der Waals surface area contributed by atoms with Gasteiger partial charge in [-0.25, -0.2) is 4.72 Å². The van der Waals surface area contributed by atoms with Gasteiger partial charge in [0.1, 0.15) is 0 Å². The molecular formula is C6H9F3N2O3S. The van der Waals surface area contributed by atoms with E-state index in [9.17, 15) is 26.4 Å². The van der Waals surface area contributed by atoms with Crippen molar-refractivity contribution in [3.8, 4) is 0 Å². The fourth-order valence-electron chi connectivity index (χ4n) is 1.17. The van der Waals surface area contributed by atoms with Crippen molar-refractivity contribution in [2.24, 2.45) is 0 Å². The van der Waals surface area contributed by atoms with Crippen molar-refractivity contribution >= 4 is 15.9 Å². The van der Waals surface area contributed by atoms with E-state index in [1.807, 2.05) is 0 Å². The molecule has 15 heavy (non-hydrogen) atoms. The molecule has 1 atom stereocenters.